The molecule has 0 bridgehead atoms. The summed E-state index contributed by atoms with van der Waals surface area (Å²) < 4.78 is 28.4. The maximum Gasteiger partial charge on any atom is 0.261 e. The number of rotatable bonds is 7. The van der Waals surface area contributed by atoms with Crippen LogP contribution >= 0.6 is 0 Å². The van der Waals surface area contributed by atoms with Gasteiger partial charge in [0.2, 0.25) is 10.0 Å². The van der Waals surface area contributed by atoms with E-state index < -0.39 is 10.0 Å². The third-order valence-electron chi connectivity index (χ3n) is 5.32. The maximum atomic E-state index is 12.6. The molecule has 29 heavy (non-hydrogen) atoms. The number of hydrogen-bond donors (Lipinski definition) is 2. The molecule has 0 unspecified atom stereocenters. The van der Waals surface area contributed by atoms with Gasteiger partial charge in [-0.05, 0) is 62.9 Å². The predicted octanol–water partition coefficient (Wildman–Crippen LogP) is 2.91. The Morgan fingerprint density at radius 2 is 1.93 bits per heavy atom. The van der Waals surface area contributed by atoms with Crippen LogP contribution in [-0.4, -0.2) is 40.6 Å². The molecule has 2 heterocycles. The van der Waals surface area contributed by atoms with Gasteiger partial charge in [-0.1, -0.05) is 0 Å². The highest BCUT2D eigenvalue weighted by molar-refractivity contribution is 7.89. The van der Waals surface area contributed by atoms with Crippen molar-refractivity contribution in [2.75, 3.05) is 12.4 Å². The second kappa shape index (κ2) is 7.31. The molecule has 3 aromatic rings. The van der Waals surface area contributed by atoms with Crippen LogP contribution in [0.1, 0.15) is 26.7 Å². The van der Waals surface area contributed by atoms with E-state index in [1.807, 2.05) is 24.6 Å². The minimum absolute atomic E-state index is 0.133. The average Bonchev–Trinajstić information content (AvgIpc) is 3.43. The Morgan fingerprint density at radius 1 is 1.24 bits per heavy atom. The fourth-order valence-corrected chi connectivity index (χ4v) is 4.57. The normalized spacial score (nSPS) is 14.8. The van der Waals surface area contributed by atoms with Gasteiger partial charge in [0.15, 0.2) is 5.82 Å². The lowest BCUT2D eigenvalue weighted by atomic mass is 10.3. The number of hydrogen-bond acceptors (Lipinski definition) is 5. The summed E-state index contributed by atoms with van der Waals surface area (Å²) in [6.07, 6.45) is 4.01. The summed E-state index contributed by atoms with van der Waals surface area (Å²) in [6, 6.07) is 8.21. The Bertz CT molecular complexity index is 1190. The first kappa shape index (κ1) is 19.7. The van der Waals surface area contributed by atoms with E-state index in [-0.39, 0.29) is 16.5 Å². The van der Waals surface area contributed by atoms with E-state index in [2.05, 4.69) is 15.4 Å². The molecule has 1 aliphatic carbocycles. The van der Waals surface area contributed by atoms with Crippen LogP contribution in [0.2, 0.25) is 0 Å². The summed E-state index contributed by atoms with van der Waals surface area (Å²) in [5.74, 6) is 1.09. The standard InChI is InChI=1S/C20H25N5O3S/c1-13(2)24(3)29(27,28)16-8-6-15(7-9-16)22-19-18-17(10-11-21-20(18)26)25(23-19)12-14-4-5-14/h6-11,13-14H,4-5,12H2,1-3H3,(H,21,26)(H,22,23). The first-order valence-electron chi connectivity index (χ1n) is 9.70. The number of aromatic amines is 1. The van der Waals surface area contributed by atoms with Crippen molar-refractivity contribution in [1.29, 1.82) is 0 Å². The number of nitrogens with zero attached hydrogens (tertiary/aromatic N) is 3. The monoisotopic (exact) mass is 415 g/mol. The number of H-pyrrole nitrogens is 1. The Balaban J connectivity index is 1.65. The van der Waals surface area contributed by atoms with Crippen LogP contribution < -0.4 is 10.9 Å². The van der Waals surface area contributed by atoms with Crippen molar-refractivity contribution in [2.45, 2.75) is 44.2 Å². The van der Waals surface area contributed by atoms with Gasteiger partial charge in [-0.2, -0.15) is 9.40 Å². The fraction of sp³-hybridized carbons (Fsp3) is 0.400. The van der Waals surface area contributed by atoms with E-state index in [0.717, 1.165) is 12.1 Å². The van der Waals surface area contributed by atoms with E-state index in [1.54, 1.807) is 37.5 Å². The quantitative estimate of drug-likeness (QED) is 0.618. The maximum absolute atomic E-state index is 12.6. The summed E-state index contributed by atoms with van der Waals surface area (Å²) in [4.78, 5) is 15.3. The van der Waals surface area contributed by atoms with Crippen molar-refractivity contribution in [3.8, 4) is 0 Å². The molecule has 0 radical (unpaired) electrons. The van der Waals surface area contributed by atoms with Crippen LogP contribution in [0, 0.1) is 5.92 Å². The van der Waals surface area contributed by atoms with Crippen LogP contribution in [0.4, 0.5) is 11.5 Å². The molecule has 4 rings (SSSR count). The first-order chi connectivity index (χ1) is 13.8. The smallest absolute Gasteiger partial charge is 0.261 e. The number of fused-ring (bicyclic) bond motifs is 1. The third-order valence-corrected chi connectivity index (χ3v) is 7.37. The van der Waals surface area contributed by atoms with Gasteiger partial charge in [-0.15, -0.1) is 0 Å². The van der Waals surface area contributed by atoms with Gasteiger partial charge < -0.3 is 10.3 Å². The number of aromatic nitrogens is 3. The molecule has 0 atom stereocenters. The zero-order chi connectivity index (χ0) is 20.8. The number of sulfonamides is 1. The second-order valence-electron chi connectivity index (χ2n) is 7.81. The molecule has 1 fully saturated rings. The highest BCUT2D eigenvalue weighted by atomic mass is 32.2. The molecule has 2 aromatic heterocycles. The highest BCUT2D eigenvalue weighted by Crippen LogP contribution is 2.32. The lowest BCUT2D eigenvalue weighted by Crippen LogP contribution is -2.32. The fourth-order valence-electron chi connectivity index (χ4n) is 3.20. The zero-order valence-corrected chi connectivity index (χ0v) is 17.5. The van der Waals surface area contributed by atoms with Crippen LogP contribution in [0.3, 0.4) is 0 Å². The molecule has 0 saturated heterocycles. The predicted molar refractivity (Wildman–Crippen MR) is 113 cm³/mol. The van der Waals surface area contributed by atoms with E-state index in [0.29, 0.717) is 22.8 Å². The summed E-state index contributed by atoms with van der Waals surface area (Å²) in [6.45, 7) is 4.45. The number of anilines is 2. The molecule has 1 saturated carbocycles. The third kappa shape index (κ3) is 3.79. The molecular formula is C20H25N5O3S. The Hall–Kier alpha value is -2.65. The minimum Gasteiger partial charge on any atom is -0.338 e. The first-order valence-corrected chi connectivity index (χ1v) is 11.1. The van der Waals surface area contributed by atoms with E-state index in [1.165, 1.54) is 17.1 Å². The van der Waals surface area contributed by atoms with Crippen molar-refractivity contribution in [2.24, 2.45) is 5.92 Å². The molecule has 2 N–H and O–H groups in total. The highest BCUT2D eigenvalue weighted by Gasteiger charge is 2.25. The van der Waals surface area contributed by atoms with Gasteiger partial charge in [-0.25, -0.2) is 8.42 Å². The molecular weight excluding hydrogens is 390 g/mol. The van der Waals surface area contributed by atoms with Crippen LogP contribution in [0.15, 0.2) is 46.2 Å². The summed E-state index contributed by atoms with van der Waals surface area (Å²) in [5.41, 5.74) is 1.25. The van der Waals surface area contributed by atoms with Crippen molar-refractivity contribution in [1.82, 2.24) is 19.1 Å². The van der Waals surface area contributed by atoms with Gasteiger partial charge in [0.05, 0.1) is 10.4 Å². The molecule has 1 aliphatic rings. The van der Waals surface area contributed by atoms with E-state index >= 15 is 0 Å². The summed E-state index contributed by atoms with van der Waals surface area (Å²) >= 11 is 0. The van der Waals surface area contributed by atoms with E-state index in [9.17, 15) is 13.2 Å². The molecule has 0 spiro atoms. The van der Waals surface area contributed by atoms with E-state index in [4.69, 9.17) is 0 Å². The Kier molecular flexibility index (Phi) is 4.95. The number of pyridine rings is 1. The summed E-state index contributed by atoms with van der Waals surface area (Å²) in [7, 11) is -1.97. The minimum atomic E-state index is -3.54. The second-order valence-corrected chi connectivity index (χ2v) is 9.80. The lowest BCUT2D eigenvalue weighted by Gasteiger charge is -2.21. The molecule has 9 heteroatoms. The average molecular weight is 416 g/mol. The van der Waals surface area contributed by atoms with Crippen molar-refractivity contribution < 1.29 is 8.42 Å². The Labute approximate surface area is 169 Å². The summed E-state index contributed by atoms with van der Waals surface area (Å²) in [5, 5.41) is 8.28. The lowest BCUT2D eigenvalue weighted by molar-refractivity contribution is 0.410. The van der Waals surface area contributed by atoms with Crippen molar-refractivity contribution >= 4 is 32.4 Å². The molecule has 1 aromatic carbocycles. The number of nitrogens with one attached hydrogen (secondary N) is 2. The molecule has 154 valence electrons. The largest absolute Gasteiger partial charge is 0.338 e. The van der Waals surface area contributed by atoms with Crippen LogP contribution in [0.5, 0.6) is 0 Å². The van der Waals surface area contributed by atoms with Gasteiger partial charge in [0, 0.05) is 31.5 Å². The van der Waals surface area contributed by atoms with Crippen LogP contribution in [-0.2, 0) is 16.6 Å². The zero-order valence-electron chi connectivity index (χ0n) is 16.7. The van der Waals surface area contributed by atoms with Gasteiger partial charge >= 0.3 is 0 Å². The Morgan fingerprint density at radius 3 is 2.55 bits per heavy atom. The van der Waals surface area contributed by atoms with Crippen LogP contribution in [0.25, 0.3) is 10.9 Å². The van der Waals surface area contributed by atoms with Crippen molar-refractivity contribution in [3.05, 3.63) is 46.9 Å². The van der Waals surface area contributed by atoms with Gasteiger partial charge in [-0.3, -0.25) is 9.48 Å². The van der Waals surface area contributed by atoms with Crippen molar-refractivity contribution in [3.63, 3.8) is 0 Å². The molecule has 0 amide bonds. The number of benzene rings is 1. The van der Waals surface area contributed by atoms with Gasteiger partial charge in [0.1, 0.15) is 5.39 Å². The van der Waals surface area contributed by atoms with Gasteiger partial charge in [0.25, 0.3) is 5.56 Å². The molecule has 8 nitrogen and oxygen atoms in total. The topological polar surface area (TPSA) is 100 Å². The SMILES string of the molecule is CC(C)N(C)S(=O)(=O)c1ccc(Nc2nn(CC3CC3)c3cc[nH]c(=O)c23)cc1. The molecule has 0 aliphatic heterocycles.